The van der Waals surface area contributed by atoms with Crippen LogP contribution in [0.4, 0.5) is 5.69 Å². The molecule has 2 atom stereocenters. The van der Waals surface area contributed by atoms with Crippen molar-refractivity contribution < 1.29 is 0 Å². The third-order valence-corrected chi connectivity index (χ3v) is 5.12. The van der Waals surface area contributed by atoms with Crippen molar-refractivity contribution in [3.63, 3.8) is 0 Å². The zero-order valence-corrected chi connectivity index (χ0v) is 12.8. The summed E-state index contributed by atoms with van der Waals surface area (Å²) in [5, 5.41) is 0. The van der Waals surface area contributed by atoms with E-state index in [9.17, 15) is 0 Å². The second-order valence-electron chi connectivity index (χ2n) is 6.74. The third-order valence-electron chi connectivity index (χ3n) is 5.12. The number of rotatable bonds is 2. The third kappa shape index (κ3) is 3.01. The fourth-order valence-electron chi connectivity index (χ4n) is 3.92. The van der Waals surface area contributed by atoms with E-state index in [0.717, 1.165) is 6.54 Å². The second kappa shape index (κ2) is 6.17. The summed E-state index contributed by atoms with van der Waals surface area (Å²) in [4.78, 5) is 2.61. The maximum Gasteiger partial charge on any atom is 0.0399 e. The van der Waals surface area contributed by atoms with Gasteiger partial charge < -0.3 is 10.6 Å². The molecule has 20 heavy (non-hydrogen) atoms. The number of benzene rings is 1. The Bertz CT molecular complexity index is 455. The van der Waals surface area contributed by atoms with Gasteiger partial charge in [0.05, 0.1) is 0 Å². The Morgan fingerprint density at radius 1 is 1.15 bits per heavy atom. The van der Waals surface area contributed by atoms with Crippen LogP contribution in [0, 0.1) is 12.8 Å². The second-order valence-corrected chi connectivity index (χ2v) is 6.74. The molecule has 2 heteroatoms. The summed E-state index contributed by atoms with van der Waals surface area (Å²) >= 11 is 0. The molecule has 1 aliphatic carbocycles. The van der Waals surface area contributed by atoms with E-state index < -0.39 is 0 Å². The Morgan fingerprint density at radius 2 is 2.00 bits per heavy atom. The number of hydrogen-bond donors (Lipinski definition) is 1. The predicted molar refractivity (Wildman–Crippen MR) is 86.3 cm³/mol. The van der Waals surface area contributed by atoms with Crippen LogP contribution in [-0.2, 0) is 6.42 Å². The molecule has 2 N–H and O–H groups in total. The highest BCUT2D eigenvalue weighted by Crippen LogP contribution is 2.31. The lowest BCUT2D eigenvalue weighted by atomic mass is 9.92. The molecule has 3 rings (SSSR count). The van der Waals surface area contributed by atoms with Crippen LogP contribution in [0.25, 0.3) is 0 Å². The van der Waals surface area contributed by atoms with Crippen molar-refractivity contribution in [1.29, 1.82) is 0 Å². The van der Waals surface area contributed by atoms with E-state index in [1.54, 1.807) is 5.56 Å². The summed E-state index contributed by atoms with van der Waals surface area (Å²) in [6, 6.07) is 7.36. The summed E-state index contributed by atoms with van der Waals surface area (Å²) < 4.78 is 0. The first-order chi connectivity index (χ1) is 9.74. The lowest BCUT2D eigenvalue weighted by Gasteiger charge is -2.36. The van der Waals surface area contributed by atoms with Gasteiger partial charge in [0.2, 0.25) is 0 Å². The fourth-order valence-corrected chi connectivity index (χ4v) is 3.92. The lowest BCUT2D eigenvalue weighted by molar-refractivity contribution is 0.392. The van der Waals surface area contributed by atoms with Crippen molar-refractivity contribution in [2.24, 2.45) is 11.7 Å². The molecule has 1 aliphatic heterocycles. The van der Waals surface area contributed by atoms with Gasteiger partial charge >= 0.3 is 0 Å². The molecular formula is C18H28N2. The van der Waals surface area contributed by atoms with Gasteiger partial charge in [0.15, 0.2) is 0 Å². The number of anilines is 1. The highest BCUT2D eigenvalue weighted by molar-refractivity contribution is 5.56. The van der Waals surface area contributed by atoms with Crippen molar-refractivity contribution in [2.45, 2.75) is 57.9 Å². The number of aryl methyl sites for hydroxylation is 2. The molecule has 0 bridgehead atoms. The molecule has 1 fully saturated rings. The van der Waals surface area contributed by atoms with Crippen LogP contribution >= 0.6 is 0 Å². The Kier molecular flexibility index (Phi) is 4.30. The summed E-state index contributed by atoms with van der Waals surface area (Å²) in [6.45, 7) is 4.57. The molecule has 1 heterocycles. The smallest absolute Gasteiger partial charge is 0.0399 e. The van der Waals surface area contributed by atoms with Crippen molar-refractivity contribution >= 4 is 5.69 Å². The van der Waals surface area contributed by atoms with E-state index in [1.807, 2.05) is 0 Å². The lowest BCUT2D eigenvalue weighted by Crippen LogP contribution is -2.41. The molecule has 0 spiro atoms. The number of nitrogens with zero attached hydrogens (tertiary/aromatic N) is 1. The van der Waals surface area contributed by atoms with Gasteiger partial charge in [0.1, 0.15) is 0 Å². The highest BCUT2D eigenvalue weighted by Gasteiger charge is 2.25. The summed E-state index contributed by atoms with van der Waals surface area (Å²) in [5.41, 5.74) is 10.8. The minimum Gasteiger partial charge on any atom is -0.371 e. The molecule has 2 aliphatic rings. The van der Waals surface area contributed by atoms with Crippen molar-refractivity contribution in [1.82, 2.24) is 0 Å². The average molecular weight is 272 g/mol. The maximum absolute atomic E-state index is 6.41. The Balaban J connectivity index is 1.75. The van der Waals surface area contributed by atoms with Crippen LogP contribution in [0.1, 0.15) is 49.7 Å². The van der Waals surface area contributed by atoms with Crippen LogP contribution < -0.4 is 10.6 Å². The maximum atomic E-state index is 6.41. The van der Waals surface area contributed by atoms with Gasteiger partial charge in [-0.1, -0.05) is 37.0 Å². The number of fused-ring (bicyclic) bond motifs is 1. The number of hydrogen-bond acceptors (Lipinski definition) is 2. The van der Waals surface area contributed by atoms with Crippen LogP contribution in [0.5, 0.6) is 0 Å². The quantitative estimate of drug-likeness (QED) is 0.833. The van der Waals surface area contributed by atoms with Crippen LogP contribution in [-0.4, -0.2) is 19.1 Å². The molecule has 1 saturated carbocycles. The standard InChI is InChI=1S/C18H28N2/c1-14-9-10-18-15(12-14)7-5-11-20(18)13-16-6-3-2-4-8-17(16)19/h9-10,12,16-17H,2-8,11,13,19H2,1H3. The van der Waals surface area contributed by atoms with E-state index in [2.05, 4.69) is 30.0 Å². The van der Waals surface area contributed by atoms with Gasteiger partial charge in [-0.2, -0.15) is 0 Å². The van der Waals surface area contributed by atoms with E-state index in [4.69, 9.17) is 5.73 Å². The summed E-state index contributed by atoms with van der Waals surface area (Å²) in [5.74, 6) is 0.685. The molecule has 1 aromatic carbocycles. The summed E-state index contributed by atoms with van der Waals surface area (Å²) in [6.07, 6.45) is 9.14. The van der Waals surface area contributed by atoms with Gasteiger partial charge in [-0.25, -0.2) is 0 Å². The normalized spacial score (nSPS) is 27.0. The van der Waals surface area contributed by atoms with Crippen LogP contribution in [0.15, 0.2) is 18.2 Å². The van der Waals surface area contributed by atoms with E-state index in [0.29, 0.717) is 12.0 Å². The van der Waals surface area contributed by atoms with E-state index in [1.165, 1.54) is 62.7 Å². The van der Waals surface area contributed by atoms with Gasteiger partial charge in [0.25, 0.3) is 0 Å². The van der Waals surface area contributed by atoms with Gasteiger partial charge in [-0.3, -0.25) is 0 Å². The first kappa shape index (κ1) is 13.9. The molecule has 110 valence electrons. The van der Waals surface area contributed by atoms with Crippen LogP contribution in [0.3, 0.4) is 0 Å². The Labute approximate surface area is 123 Å². The van der Waals surface area contributed by atoms with Gasteiger partial charge in [0, 0.05) is 24.8 Å². The van der Waals surface area contributed by atoms with Crippen molar-refractivity contribution in [2.75, 3.05) is 18.0 Å². The summed E-state index contributed by atoms with van der Waals surface area (Å²) in [7, 11) is 0. The van der Waals surface area contributed by atoms with E-state index >= 15 is 0 Å². The Morgan fingerprint density at radius 3 is 2.90 bits per heavy atom. The zero-order chi connectivity index (χ0) is 13.9. The minimum atomic E-state index is 0.410. The zero-order valence-electron chi connectivity index (χ0n) is 12.8. The first-order valence-corrected chi connectivity index (χ1v) is 8.34. The van der Waals surface area contributed by atoms with E-state index in [-0.39, 0.29) is 0 Å². The van der Waals surface area contributed by atoms with Gasteiger partial charge in [-0.15, -0.1) is 0 Å². The molecular weight excluding hydrogens is 244 g/mol. The molecule has 0 radical (unpaired) electrons. The van der Waals surface area contributed by atoms with Crippen LogP contribution in [0.2, 0.25) is 0 Å². The first-order valence-electron chi connectivity index (χ1n) is 8.34. The topological polar surface area (TPSA) is 29.3 Å². The minimum absolute atomic E-state index is 0.410. The molecule has 1 aromatic rings. The van der Waals surface area contributed by atoms with Crippen molar-refractivity contribution in [3.05, 3.63) is 29.3 Å². The highest BCUT2D eigenvalue weighted by atomic mass is 15.1. The molecule has 2 nitrogen and oxygen atoms in total. The SMILES string of the molecule is Cc1ccc2c(c1)CCCN2CC1CCCCCC1N. The fraction of sp³-hybridized carbons (Fsp3) is 0.667. The predicted octanol–water partition coefficient (Wildman–Crippen LogP) is 3.66. The molecule has 0 saturated heterocycles. The number of nitrogens with two attached hydrogens (primary N) is 1. The molecule has 0 aromatic heterocycles. The monoisotopic (exact) mass is 272 g/mol. The van der Waals surface area contributed by atoms with Gasteiger partial charge in [-0.05, 0) is 50.2 Å². The largest absolute Gasteiger partial charge is 0.371 e. The van der Waals surface area contributed by atoms with Crippen molar-refractivity contribution in [3.8, 4) is 0 Å². The molecule has 0 amide bonds. The Hall–Kier alpha value is -1.02. The molecule has 2 unspecified atom stereocenters. The average Bonchev–Trinajstić information content (AvgIpc) is 2.64.